The average molecular weight is 338 g/mol. The molecule has 0 saturated heterocycles. The fourth-order valence-corrected chi connectivity index (χ4v) is 1.76. The minimum Gasteiger partial charge on any atom is -0.349 e. The number of carbonyl (C=O) groups is 1. The third-order valence-corrected chi connectivity index (χ3v) is 3.38. The van der Waals surface area contributed by atoms with Gasteiger partial charge in [-0.2, -0.15) is 13.2 Å². The molecule has 0 aliphatic rings. The molecule has 1 unspecified atom stereocenters. The van der Waals surface area contributed by atoms with Gasteiger partial charge in [0.1, 0.15) is 0 Å². The normalized spacial score (nSPS) is 13.5. The van der Waals surface area contributed by atoms with Gasteiger partial charge in [0.15, 0.2) is 0 Å². The topological polar surface area (TPSA) is 29.1 Å². The summed E-state index contributed by atoms with van der Waals surface area (Å²) < 4.78 is 38.9. The Kier molecular flexibility index (Phi) is 5.01. The van der Waals surface area contributed by atoms with E-state index in [4.69, 9.17) is 0 Å². The van der Waals surface area contributed by atoms with E-state index in [1.807, 2.05) is 13.8 Å². The highest BCUT2D eigenvalue weighted by Crippen LogP contribution is 2.33. The molecule has 0 aliphatic heterocycles. The number of benzene rings is 1. The third-order valence-electron chi connectivity index (χ3n) is 2.89. The molecule has 0 saturated carbocycles. The quantitative estimate of drug-likeness (QED) is 0.877. The van der Waals surface area contributed by atoms with E-state index in [-0.39, 0.29) is 22.0 Å². The highest BCUT2D eigenvalue weighted by Gasteiger charge is 2.35. The Balaban J connectivity index is 3.10. The van der Waals surface area contributed by atoms with Crippen molar-refractivity contribution in [1.82, 2.24) is 5.32 Å². The number of alkyl halides is 3. The zero-order valence-corrected chi connectivity index (χ0v) is 12.4. The lowest BCUT2D eigenvalue weighted by Crippen LogP contribution is -2.37. The number of hydrogen-bond acceptors (Lipinski definition) is 1. The molecule has 1 rings (SSSR count). The Morgan fingerprint density at radius 3 is 2.32 bits per heavy atom. The number of hydrogen-bond donors (Lipinski definition) is 1. The largest absolute Gasteiger partial charge is 0.417 e. The van der Waals surface area contributed by atoms with Gasteiger partial charge in [-0.3, -0.25) is 4.79 Å². The molecule has 0 aromatic heterocycles. The van der Waals surface area contributed by atoms with Crippen molar-refractivity contribution in [2.75, 3.05) is 0 Å². The number of nitrogens with one attached hydrogen (secondary N) is 1. The van der Waals surface area contributed by atoms with Crippen LogP contribution in [-0.2, 0) is 6.18 Å². The number of carbonyl (C=O) groups excluding carboxylic acids is 1. The Labute approximate surface area is 118 Å². The summed E-state index contributed by atoms with van der Waals surface area (Å²) in [5, 5.41) is 2.57. The first-order valence-corrected chi connectivity index (χ1v) is 6.60. The Morgan fingerprint density at radius 1 is 1.26 bits per heavy atom. The molecule has 1 aromatic carbocycles. The second-order valence-electron chi connectivity index (χ2n) is 4.69. The van der Waals surface area contributed by atoms with Gasteiger partial charge in [0, 0.05) is 10.5 Å². The molecule has 0 spiro atoms. The van der Waals surface area contributed by atoms with E-state index >= 15 is 0 Å². The van der Waals surface area contributed by atoms with Crippen LogP contribution in [0, 0.1) is 5.92 Å². The van der Waals surface area contributed by atoms with E-state index < -0.39 is 17.6 Å². The molecular weight excluding hydrogens is 323 g/mol. The average Bonchev–Trinajstić information content (AvgIpc) is 2.27. The highest BCUT2D eigenvalue weighted by molar-refractivity contribution is 9.10. The molecule has 19 heavy (non-hydrogen) atoms. The molecule has 1 atom stereocenters. The molecule has 1 N–H and O–H groups in total. The number of amides is 1. The van der Waals surface area contributed by atoms with Crippen molar-refractivity contribution in [3.05, 3.63) is 33.8 Å². The maximum Gasteiger partial charge on any atom is 0.417 e. The van der Waals surface area contributed by atoms with Gasteiger partial charge >= 0.3 is 6.18 Å². The summed E-state index contributed by atoms with van der Waals surface area (Å²) in [6.45, 7) is 5.53. The van der Waals surface area contributed by atoms with E-state index in [2.05, 4.69) is 21.2 Å². The SMILES string of the molecule is CC(C)C(C)NC(=O)c1ccc(Br)cc1C(F)(F)F. The Hall–Kier alpha value is -1.04. The van der Waals surface area contributed by atoms with Crippen molar-refractivity contribution in [2.45, 2.75) is 33.0 Å². The molecule has 6 heteroatoms. The molecule has 0 aliphatic carbocycles. The van der Waals surface area contributed by atoms with E-state index in [0.717, 1.165) is 6.07 Å². The summed E-state index contributed by atoms with van der Waals surface area (Å²) in [5.41, 5.74) is -1.29. The molecule has 1 aromatic rings. The van der Waals surface area contributed by atoms with Crippen LogP contribution in [0.5, 0.6) is 0 Å². The molecular formula is C13H15BrF3NO. The van der Waals surface area contributed by atoms with E-state index in [1.54, 1.807) is 6.92 Å². The van der Waals surface area contributed by atoms with E-state index in [1.165, 1.54) is 12.1 Å². The molecule has 0 fully saturated rings. The third kappa shape index (κ3) is 4.23. The molecule has 106 valence electrons. The summed E-state index contributed by atoms with van der Waals surface area (Å²) in [6, 6.07) is 3.31. The van der Waals surface area contributed by atoms with Crippen molar-refractivity contribution in [3.63, 3.8) is 0 Å². The first-order valence-electron chi connectivity index (χ1n) is 5.80. The maximum atomic E-state index is 12.9. The minimum absolute atomic E-state index is 0.147. The minimum atomic E-state index is -4.56. The smallest absolute Gasteiger partial charge is 0.349 e. The predicted octanol–water partition coefficient (Wildman–Crippen LogP) is 4.24. The molecule has 1 amide bonds. The number of rotatable bonds is 3. The van der Waals surface area contributed by atoms with Crippen molar-refractivity contribution in [2.24, 2.45) is 5.92 Å². The van der Waals surface area contributed by atoms with Crippen LogP contribution in [0.25, 0.3) is 0 Å². The van der Waals surface area contributed by atoms with Crippen LogP contribution in [0.15, 0.2) is 22.7 Å². The van der Waals surface area contributed by atoms with Gasteiger partial charge in [-0.15, -0.1) is 0 Å². The van der Waals surface area contributed by atoms with Crippen LogP contribution in [0.1, 0.15) is 36.7 Å². The Morgan fingerprint density at radius 2 is 1.84 bits per heavy atom. The van der Waals surface area contributed by atoms with Crippen molar-refractivity contribution < 1.29 is 18.0 Å². The Bertz CT molecular complexity index is 471. The fraction of sp³-hybridized carbons (Fsp3) is 0.462. The van der Waals surface area contributed by atoms with E-state index in [0.29, 0.717) is 0 Å². The van der Waals surface area contributed by atoms with Crippen LogP contribution in [0.2, 0.25) is 0 Å². The molecule has 0 bridgehead atoms. The predicted molar refractivity (Wildman–Crippen MR) is 70.9 cm³/mol. The van der Waals surface area contributed by atoms with Gasteiger partial charge in [0.25, 0.3) is 5.91 Å². The standard InChI is InChI=1S/C13H15BrF3NO/c1-7(2)8(3)18-12(19)10-5-4-9(14)6-11(10)13(15,16)17/h4-8H,1-3H3,(H,18,19). The first-order chi connectivity index (χ1) is 8.62. The van der Waals surface area contributed by atoms with Crippen LogP contribution < -0.4 is 5.32 Å². The van der Waals surface area contributed by atoms with Gasteiger partial charge < -0.3 is 5.32 Å². The number of halogens is 4. The van der Waals surface area contributed by atoms with Crippen molar-refractivity contribution >= 4 is 21.8 Å². The van der Waals surface area contributed by atoms with Gasteiger partial charge in [-0.25, -0.2) is 0 Å². The zero-order chi connectivity index (χ0) is 14.8. The highest BCUT2D eigenvalue weighted by atomic mass is 79.9. The first kappa shape index (κ1) is 16.0. The van der Waals surface area contributed by atoms with Gasteiger partial charge in [0.05, 0.1) is 11.1 Å². The second kappa shape index (κ2) is 5.94. The van der Waals surface area contributed by atoms with E-state index in [9.17, 15) is 18.0 Å². The molecule has 0 heterocycles. The van der Waals surface area contributed by atoms with Crippen molar-refractivity contribution in [3.8, 4) is 0 Å². The second-order valence-corrected chi connectivity index (χ2v) is 5.61. The van der Waals surface area contributed by atoms with Gasteiger partial charge in [0.2, 0.25) is 0 Å². The summed E-state index contributed by atoms with van der Waals surface area (Å²) in [4.78, 5) is 11.9. The summed E-state index contributed by atoms with van der Waals surface area (Å²) in [5.74, 6) is -0.560. The van der Waals surface area contributed by atoms with Crippen LogP contribution >= 0.6 is 15.9 Å². The summed E-state index contributed by atoms with van der Waals surface area (Å²) in [7, 11) is 0. The van der Waals surface area contributed by atoms with Gasteiger partial charge in [-0.1, -0.05) is 29.8 Å². The van der Waals surface area contributed by atoms with Crippen LogP contribution in [0.4, 0.5) is 13.2 Å². The lowest BCUT2D eigenvalue weighted by molar-refractivity contribution is -0.138. The van der Waals surface area contributed by atoms with Crippen LogP contribution in [-0.4, -0.2) is 11.9 Å². The maximum absolute atomic E-state index is 12.9. The van der Waals surface area contributed by atoms with Gasteiger partial charge in [-0.05, 0) is 31.0 Å². The summed E-state index contributed by atoms with van der Waals surface area (Å²) in [6.07, 6.45) is -4.56. The zero-order valence-electron chi connectivity index (χ0n) is 10.8. The van der Waals surface area contributed by atoms with Crippen LogP contribution in [0.3, 0.4) is 0 Å². The summed E-state index contributed by atoms with van der Waals surface area (Å²) >= 11 is 2.98. The molecule has 0 radical (unpaired) electrons. The van der Waals surface area contributed by atoms with Crippen molar-refractivity contribution in [1.29, 1.82) is 0 Å². The monoisotopic (exact) mass is 337 g/mol. The lowest BCUT2D eigenvalue weighted by Gasteiger charge is -2.19. The lowest BCUT2D eigenvalue weighted by atomic mass is 10.0. The molecule has 2 nitrogen and oxygen atoms in total. The fourth-order valence-electron chi connectivity index (χ4n) is 1.40.